The van der Waals surface area contributed by atoms with E-state index in [-0.39, 0.29) is 6.03 Å². The second-order valence-electron chi connectivity index (χ2n) is 5.87. The van der Waals surface area contributed by atoms with Gasteiger partial charge in [-0.05, 0) is 31.4 Å². The minimum Gasteiger partial charge on any atom is -0.369 e. The van der Waals surface area contributed by atoms with E-state index in [9.17, 15) is 4.79 Å². The molecule has 0 aromatic carbocycles. The van der Waals surface area contributed by atoms with Crippen LogP contribution in [0.4, 0.5) is 16.4 Å². The van der Waals surface area contributed by atoms with E-state index in [0.29, 0.717) is 11.9 Å². The van der Waals surface area contributed by atoms with Crippen molar-refractivity contribution in [3.05, 3.63) is 12.1 Å². The molecule has 0 atom stereocenters. The molecule has 0 spiro atoms. The first-order valence-electron chi connectivity index (χ1n) is 8.43. The number of unbranched alkanes of at least 4 members (excludes halogenated alkanes) is 2. The van der Waals surface area contributed by atoms with Crippen LogP contribution in [0.5, 0.6) is 0 Å². The Morgan fingerprint density at radius 2 is 1.86 bits per heavy atom. The predicted molar refractivity (Wildman–Crippen MR) is 89.1 cm³/mol. The van der Waals surface area contributed by atoms with Gasteiger partial charge in [0.05, 0.1) is 0 Å². The van der Waals surface area contributed by atoms with Gasteiger partial charge in [0.2, 0.25) is 0 Å². The summed E-state index contributed by atoms with van der Waals surface area (Å²) in [6, 6.07) is 3.72. The van der Waals surface area contributed by atoms with Gasteiger partial charge in [0, 0.05) is 12.6 Å². The molecule has 1 fully saturated rings. The molecule has 0 unspecified atom stereocenters. The summed E-state index contributed by atoms with van der Waals surface area (Å²) >= 11 is 0. The normalized spacial score (nSPS) is 15.3. The molecule has 22 heavy (non-hydrogen) atoms. The van der Waals surface area contributed by atoms with Crippen LogP contribution in [0, 0.1) is 0 Å². The average molecular weight is 305 g/mol. The maximum Gasteiger partial charge on any atom is 0.320 e. The third-order valence-corrected chi connectivity index (χ3v) is 3.93. The summed E-state index contributed by atoms with van der Waals surface area (Å²) in [7, 11) is 0. The summed E-state index contributed by atoms with van der Waals surface area (Å²) in [4.78, 5) is 11.9. The van der Waals surface area contributed by atoms with Crippen LogP contribution >= 0.6 is 0 Å². The van der Waals surface area contributed by atoms with Crippen molar-refractivity contribution in [1.29, 1.82) is 0 Å². The van der Waals surface area contributed by atoms with E-state index in [1.807, 2.05) is 6.07 Å². The van der Waals surface area contributed by atoms with Gasteiger partial charge in [-0.2, -0.15) is 0 Å². The van der Waals surface area contributed by atoms with E-state index in [1.54, 1.807) is 6.07 Å². The van der Waals surface area contributed by atoms with Crippen LogP contribution in [0.25, 0.3) is 0 Å². The zero-order chi connectivity index (χ0) is 15.6. The number of nitrogens with zero attached hydrogens (tertiary/aromatic N) is 2. The highest BCUT2D eigenvalue weighted by Gasteiger charge is 2.15. The Morgan fingerprint density at radius 3 is 2.55 bits per heavy atom. The summed E-state index contributed by atoms with van der Waals surface area (Å²) in [5, 5.41) is 17.1. The van der Waals surface area contributed by atoms with Gasteiger partial charge in [-0.3, -0.25) is 5.32 Å². The van der Waals surface area contributed by atoms with Crippen LogP contribution < -0.4 is 16.0 Å². The Bertz CT molecular complexity index is 442. The zero-order valence-electron chi connectivity index (χ0n) is 13.4. The predicted octanol–water partition coefficient (Wildman–Crippen LogP) is 3.53. The van der Waals surface area contributed by atoms with E-state index in [4.69, 9.17) is 0 Å². The van der Waals surface area contributed by atoms with Crippen LogP contribution in [0.2, 0.25) is 0 Å². The van der Waals surface area contributed by atoms with E-state index in [1.165, 1.54) is 32.1 Å². The van der Waals surface area contributed by atoms with Gasteiger partial charge in [0.1, 0.15) is 5.82 Å². The van der Waals surface area contributed by atoms with Gasteiger partial charge in [0.15, 0.2) is 5.82 Å². The van der Waals surface area contributed by atoms with Gasteiger partial charge in [-0.25, -0.2) is 4.79 Å². The van der Waals surface area contributed by atoms with Crippen molar-refractivity contribution in [2.75, 3.05) is 17.2 Å². The minimum atomic E-state index is -0.190. The summed E-state index contributed by atoms with van der Waals surface area (Å²) in [6.45, 7) is 3.08. The molecule has 6 nitrogen and oxygen atoms in total. The molecule has 0 saturated heterocycles. The Kier molecular flexibility index (Phi) is 6.93. The molecule has 6 heteroatoms. The Balaban J connectivity index is 1.71. The van der Waals surface area contributed by atoms with Crippen molar-refractivity contribution >= 4 is 17.7 Å². The highest BCUT2D eigenvalue weighted by atomic mass is 16.2. The fourth-order valence-electron chi connectivity index (χ4n) is 2.67. The highest BCUT2D eigenvalue weighted by Crippen LogP contribution is 2.17. The Morgan fingerprint density at radius 1 is 1.14 bits per heavy atom. The number of hydrogen-bond donors (Lipinski definition) is 3. The number of carbonyl (C=O) groups is 1. The van der Waals surface area contributed by atoms with Crippen LogP contribution in [-0.4, -0.2) is 28.8 Å². The SMILES string of the molecule is CCCCCNc1ccc(NC(=O)NC2CCCCC2)nn1. The molecule has 1 heterocycles. The maximum atomic E-state index is 11.9. The molecule has 0 aliphatic heterocycles. The molecule has 0 radical (unpaired) electrons. The Hall–Kier alpha value is -1.85. The maximum absolute atomic E-state index is 11.9. The molecule has 1 aromatic heterocycles. The summed E-state index contributed by atoms with van der Waals surface area (Å²) in [5.41, 5.74) is 0. The molecule has 2 rings (SSSR count). The molecule has 1 aliphatic carbocycles. The zero-order valence-corrected chi connectivity index (χ0v) is 13.4. The molecule has 122 valence electrons. The third kappa shape index (κ3) is 5.87. The van der Waals surface area contributed by atoms with Crippen LogP contribution in [0.3, 0.4) is 0 Å². The van der Waals surface area contributed by atoms with Crippen LogP contribution in [0.1, 0.15) is 58.3 Å². The quantitative estimate of drug-likeness (QED) is 0.673. The molecule has 1 aromatic rings. The van der Waals surface area contributed by atoms with Gasteiger partial charge >= 0.3 is 6.03 Å². The van der Waals surface area contributed by atoms with Crippen molar-refractivity contribution < 1.29 is 4.79 Å². The number of rotatable bonds is 7. The van der Waals surface area contributed by atoms with Crippen molar-refractivity contribution in [2.45, 2.75) is 64.3 Å². The standard InChI is InChI=1S/C16H27N5O/c1-2-3-7-12-17-14-10-11-15(21-20-14)19-16(22)18-13-8-5-4-6-9-13/h10-11,13H,2-9,12H2,1H3,(H,17,20)(H2,18,19,21,22). The second-order valence-corrected chi connectivity index (χ2v) is 5.87. The molecular weight excluding hydrogens is 278 g/mol. The molecule has 2 amide bonds. The lowest BCUT2D eigenvalue weighted by Crippen LogP contribution is -2.39. The molecular formula is C16H27N5O. The van der Waals surface area contributed by atoms with E-state index in [0.717, 1.165) is 31.6 Å². The van der Waals surface area contributed by atoms with Gasteiger partial charge in [-0.1, -0.05) is 39.0 Å². The molecule has 3 N–H and O–H groups in total. The first kappa shape index (κ1) is 16.5. The molecule has 0 bridgehead atoms. The summed E-state index contributed by atoms with van der Waals surface area (Å²) in [6.07, 6.45) is 9.35. The number of urea groups is 1. The number of aromatic nitrogens is 2. The third-order valence-electron chi connectivity index (χ3n) is 3.93. The fraction of sp³-hybridized carbons (Fsp3) is 0.688. The second kappa shape index (κ2) is 9.23. The summed E-state index contributed by atoms with van der Waals surface area (Å²) < 4.78 is 0. The van der Waals surface area contributed by atoms with Crippen molar-refractivity contribution in [3.63, 3.8) is 0 Å². The van der Waals surface area contributed by atoms with E-state index >= 15 is 0 Å². The van der Waals surface area contributed by atoms with Crippen molar-refractivity contribution in [2.24, 2.45) is 0 Å². The lowest BCUT2D eigenvalue weighted by Gasteiger charge is -2.22. The van der Waals surface area contributed by atoms with Gasteiger partial charge in [0.25, 0.3) is 0 Å². The van der Waals surface area contributed by atoms with Crippen LogP contribution in [-0.2, 0) is 0 Å². The molecule has 1 saturated carbocycles. The number of nitrogens with one attached hydrogen (secondary N) is 3. The lowest BCUT2D eigenvalue weighted by atomic mass is 9.96. The van der Waals surface area contributed by atoms with E-state index in [2.05, 4.69) is 33.1 Å². The molecule has 1 aliphatic rings. The average Bonchev–Trinajstić information content (AvgIpc) is 2.54. The number of anilines is 2. The lowest BCUT2D eigenvalue weighted by molar-refractivity contribution is 0.244. The topological polar surface area (TPSA) is 78.9 Å². The fourth-order valence-corrected chi connectivity index (χ4v) is 2.67. The number of carbonyl (C=O) groups excluding carboxylic acids is 1. The highest BCUT2D eigenvalue weighted by molar-refractivity contribution is 5.88. The monoisotopic (exact) mass is 305 g/mol. The van der Waals surface area contributed by atoms with Crippen LogP contribution in [0.15, 0.2) is 12.1 Å². The smallest absolute Gasteiger partial charge is 0.320 e. The number of hydrogen-bond acceptors (Lipinski definition) is 4. The van der Waals surface area contributed by atoms with Gasteiger partial charge in [-0.15, -0.1) is 10.2 Å². The summed E-state index contributed by atoms with van der Waals surface area (Å²) in [5.74, 6) is 1.22. The largest absolute Gasteiger partial charge is 0.369 e. The van der Waals surface area contributed by atoms with Gasteiger partial charge < -0.3 is 10.6 Å². The first-order chi connectivity index (χ1) is 10.8. The number of amides is 2. The minimum absolute atomic E-state index is 0.190. The van der Waals surface area contributed by atoms with E-state index < -0.39 is 0 Å². The van der Waals surface area contributed by atoms with Crippen molar-refractivity contribution in [3.8, 4) is 0 Å². The first-order valence-corrected chi connectivity index (χ1v) is 8.43. The Labute approximate surface area is 132 Å². The van der Waals surface area contributed by atoms with Crippen molar-refractivity contribution in [1.82, 2.24) is 15.5 Å².